The zero-order valence-corrected chi connectivity index (χ0v) is 19.5. The second kappa shape index (κ2) is 8.36. The molecule has 0 amide bonds. The van der Waals surface area contributed by atoms with E-state index < -0.39 is 0 Å². The Morgan fingerprint density at radius 2 is 1.03 bits per heavy atom. The quantitative estimate of drug-likeness (QED) is 0.253. The summed E-state index contributed by atoms with van der Waals surface area (Å²) in [6.45, 7) is 4.01. The number of nitrogen functional groups attached to an aromatic ring is 1. The topological polar surface area (TPSA) is 84.2 Å². The number of aryl methyl sites for hydroxylation is 2. The van der Waals surface area contributed by atoms with Crippen LogP contribution in [0.25, 0.3) is 0 Å². The fourth-order valence-electron chi connectivity index (χ4n) is 4.18. The Morgan fingerprint density at radius 1 is 0.588 bits per heavy atom. The smallest absolute Gasteiger partial charge is 0.198 e. The first-order chi connectivity index (χ1) is 16.3. The van der Waals surface area contributed by atoms with Crippen LogP contribution in [0.1, 0.15) is 43.0 Å². The number of halogens is 1. The highest BCUT2D eigenvalue weighted by Crippen LogP contribution is 2.42. The van der Waals surface area contributed by atoms with Gasteiger partial charge in [-0.2, -0.15) is 0 Å². The predicted molar refractivity (Wildman–Crippen MR) is 138 cm³/mol. The van der Waals surface area contributed by atoms with Gasteiger partial charge in [-0.05, 0) is 62.4 Å². The molecule has 0 radical (unpaired) electrons. The molecule has 5 nitrogen and oxygen atoms in total. The molecule has 1 aliphatic rings. The third-order valence-electron chi connectivity index (χ3n) is 5.96. The average Bonchev–Trinajstić information content (AvgIpc) is 2.82. The Labute approximate surface area is 202 Å². The van der Waals surface area contributed by atoms with Crippen molar-refractivity contribution < 1.29 is 9.59 Å². The van der Waals surface area contributed by atoms with E-state index in [0.29, 0.717) is 11.4 Å². The fourth-order valence-corrected chi connectivity index (χ4v) is 4.42. The number of benzene rings is 4. The highest BCUT2D eigenvalue weighted by atomic mass is 35.5. The van der Waals surface area contributed by atoms with Crippen LogP contribution in [0.15, 0.2) is 72.8 Å². The summed E-state index contributed by atoms with van der Waals surface area (Å²) in [5.74, 6) is -0.684. The molecular formula is C28H22ClN3O2. The van der Waals surface area contributed by atoms with Gasteiger partial charge >= 0.3 is 0 Å². The van der Waals surface area contributed by atoms with E-state index in [0.717, 1.165) is 22.5 Å². The van der Waals surface area contributed by atoms with Crippen molar-refractivity contribution in [3.8, 4) is 0 Å². The van der Waals surface area contributed by atoms with Crippen molar-refractivity contribution in [3.63, 3.8) is 0 Å². The van der Waals surface area contributed by atoms with Crippen LogP contribution in [-0.4, -0.2) is 11.6 Å². The molecule has 0 bridgehead atoms. The summed E-state index contributed by atoms with van der Waals surface area (Å²) < 4.78 is 0. The Morgan fingerprint density at radius 3 is 1.50 bits per heavy atom. The highest BCUT2D eigenvalue weighted by Gasteiger charge is 2.37. The maximum Gasteiger partial charge on any atom is 0.198 e. The summed E-state index contributed by atoms with van der Waals surface area (Å²) in [5.41, 5.74) is 12.1. The van der Waals surface area contributed by atoms with Crippen LogP contribution < -0.4 is 16.4 Å². The van der Waals surface area contributed by atoms with Crippen molar-refractivity contribution in [2.24, 2.45) is 0 Å². The molecule has 1 aliphatic carbocycles. The predicted octanol–water partition coefficient (Wildman–Crippen LogP) is 6.80. The van der Waals surface area contributed by atoms with Crippen LogP contribution in [0.5, 0.6) is 0 Å². The lowest BCUT2D eigenvalue weighted by Gasteiger charge is -2.25. The van der Waals surface area contributed by atoms with Gasteiger partial charge in [-0.3, -0.25) is 9.59 Å². The number of nitrogens with one attached hydrogen (secondary N) is 2. The summed E-state index contributed by atoms with van der Waals surface area (Å²) in [7, 11) is 0. The summed E-state index contributed by atoms with van der Waals surface area (Å²) in [5, 5.41) is 6.80. The van der Waals surface area contributed by atoms with Gasteiger partial charge in [0.1, 0.15) is 0 Å². The van der Waals surface area contributed by atoms with Crippen molar-refractivity contribution >= 4 is 51.6 Å². The van der Waals surface area contributed by atoms with Gasteiger partial charge in [0, 0.05) is 17.1 Å². The lowest BCUT2D eigenvalue weighted by molar-refractivity contribution is 0.0981. The molecule has 168 valence electrons. The minimum Gasteiger partial charge on any atom is -0.398 e. The first-order valence-electron chi connectivity index (χ1n) is 10.9. The fraction of sp³-hybridized carbons (Fsp3) is 0.0714. The number of rotatable bonds is 4. The number of fused-ring (bicyclic) bond motifs is 2. The Bertz CT molecular complexity index is 1350. The van der Waals surface area contributed by atoms with E-state index in [9.17, 15) is 9.59 Å². The molecule has 0 unspecified atom stereocenters. The maximum absolute atomic E-state index is 13.8. The molecule has 0 fully saturated rings. The van der Waals surface area contributed by atoms with E-state index in [-0.39, 0.29) is 44.5 Å². The van der Waals surface area contributed by atoms with E-state index in [1.807, 2.05) is 62.4 Å². The minimum atomic E-state index is -0.343. The van der Waals surface area contributed by atoms with Gasteiger partial charge < -0.3 is 16.4 Å². The first-order valence-corrected chi connectivity index (χ1v) is 11.2. The lowest BCUT2D eigenvalue weighted by Crippen LogP contribution is -2.25. The first kappa shape index (κ1) is 21.7. The van der Waals surface area contributed by atoms with E-state index >= 15 is 0 Å². The Balaban J connectivity index is 1.70. The van der Waals surface area contributed by atoms with Gasteiger partial charge in [0.15, 0.2) is 11.6 Å². The molecule has 0 atom stereocenters. The van der Waals surface area contributed by atoms with Crippen LogP contribution in [0, 0.1) is 13.8 Å². The number of nitrogens with two attached hydrogens (primary N) is 1. The zero-order valence-electron chi connectivity index (χ0n) is 18.7. The largest absolute Gasteiger partial charge is 0.398 e. The molecule has 4 aromatic carbocycles. The van der Waals surface area contributed by atoms with Crippen molar-refractivity contribution in [1.82, 2.24) is 0 Å². The highest BCUT2D eigenvalue weighted by molar-refractivity contribution is 6.41. The van der Waals surface area contributed by atoms with E-state index in [4.69, 9.17) is 17.3 Å². The number of anilines is 5. The maximum atomic E-state index is 13.8. The Kier molecular flexibility index (Phi) is 5.34. The lowest BCUT2D eigenvalue weighted by atomic mass is 9.81. The van der Waals surface area contributed by atoms with Crippen molar-refractivity contribution in [3.05, 3.63) is 111 Å². The Hall–Kier alpha value is -4.09. The number of ketones is 2. The van der Waals surface area contributed by atoms with Crippen LogP contribution >= 0.6 is 11.6 Å². The molecule has 4 N–H and O–H groups in total. The second-order valence-corrected chi connectivity index (χ2v) is 8.84. The summed E-state index contributed by atoms with van der Waals surface area (Å²) in [4.78, 5) is 27.6. The van der Waals surface area contributed by atoms with Gasteiger partial charge in [0.25, 0.3) is 0 Å². The molecule has 0 saturated carbocycles. The summed E-state index contributed by atoms with van der Waals surface area (Å²) in [6, 6.07) is 22.3. The molecule has 0 saturated heterocycles. The van der Waals surface area contributed by atoms with Crippen LogP contribution in [0.3, 0.4) is 0 Å². The van der Waals surface area contributed by atoms with Crippen molar-refractivity contribution in [2.45, 2.75) is 13.8 Å². The van der Waals surface area contributed by atoms with E-state index in [2.05, 4.69) is 10.6 Å². The molecular weight excluding hydrogens is 446 g/mol. The molecule has 0 aliphatic heterocycles. The molecule has 0 heterocycles. The zero-order chi connectivity index (χ0) is 24.0. The normalized spacial score (nSPS) is 12.2. The van der Waals surface area contributed by atoms with Crippen LogP contribution in [-0.2, 0) is 0 Å². The molecule has 5 rings (SSSR count). The van der Waals surface area contributed by atoms with Crippen LogP contribution in [0.4, 0.5) is 28.4 Å². The third-order valence-corrected chi connectivity index (χ3v) is 6.28. The van der Waals surface area contributed by atoms with Gasteiger partial charge in [-0.1, -0.05) is 47.0 Å². The van der Waals surface area contributed by atoms with Gasteiger partial charge in [0.2, 0.25) is 0 Å². The number of hydrogen-bond acceptors (Lipinski definition) is 5. The minimum absolute atomic E-state index is 0.138. The second-order valence-electron chi connectivity index (χ2n) is 8.44. The average molecular weight is 468 g/mol. The SMILES string of the molecule is Cc1ccc(Nc2ccc(Nc3ccc(C)cc3)c3c2C(=O)c2c(N)ccc(Cl)c2C3=O)cc1. The number of carbonyl (C=O) groups excluding carboxylic acids is 2. The van der Waals surface area contributed by atoms with E-state index in [1.165, 1.54) is 0 Å². The van der Waals surface area contributed by atoms with Crippen LogP contribution in [0.2, 0.25) is 5.02 Å². The third kappa shape index (κ3) is 3.70. The van der Waals surface area contributed by atoms with Crippen molar-refractivity contribution in [1.29, 1.82) is 0 Å². The van der Waals surface area contributed by atoms with Crippen molar-refractivity contribution in [2.75, 3.05) is 16.4 Å². The molecule has 4 aromatic rings. The number of hydrogen-bond donors (Lipinski definition) is 3. The molecule has 0 aromatic heterocycles. The molecule has 34 heavy (non-hydrogen) atoms. The standard InChI is InChI=1S/C28H22ClN3O2/c1-15-3-7-17(8-4-15)31-21-13-14-22(32-18-9-5-16(2)6-10-18)26-25(21)27(33)23-19(29)11-12-20(30)24(23)28(26)34/h3-14,31-32H,30H2,1-2H3. The monoisotopic (exact) mass is 467 g/mol. The van der Waals surface area contributed by atoms with Gasteiger partial charge in [-0.15, -0.1) is 0 Å². The van der Waals surface area contributed by atoms with Gasteiger partial charge in [-0.25, -0.2) is 0 Å². The molecule has 6 heteroatoms. The van der Waals surface area contributed by atoms with E-state index in [1.54, 1.807) is 24.3 Å². The van der Waals surface area contributed by atoms with Gasteiger partial charge in [0.05, 0.1) is 38.7 Å². The summed E-state index contributed by atoms with van der Waals surface area (Å²) in [6.07, 6.45) is 0. The summed E-state index contributed by atoms with van der Waals surface area (Å²) >= 11 is 6.39. The molecule has 0 spiro atoms. The number of carbonyl (C=O) groups is 2.